The van der Waals surface area contributed by atoms with Crippen LogP contribution in [0.5, 0.6) is 5.75 Å². The first-order chi connectivity index (χ1) is 9.69. The van der Waals surface area contributed by atoms with Gasteiger partial charge in [0, 0.05) is 31.4 Å². The highest BCUT2D eigenvalue weighted by atomic mass is 16.5. The SMILES string of the molecule is COc1cccc(CNC(=O)C[C@H](C)n2ccnc2)c1. The zero-order valence-electron chi connectivity index (χ0n) is 11.7. The van der Waals surface area contributed by atoms with E-state index in [9.17, 15) is 4.79 Å². The molecule has 2 aromatic rings. The molecule has 0 unspecified atom stereocenters. The number of carbonyl (C=O) groups is 1. The van der Waals surface area contributed by atoms with Crippen molar-refractivity contribution in [3.63, 3.8) is 0 Å². The molecular formula is C15H19N3O2. The predicted octanol–water partition coefficient (Wildman–Crippen LogP) is 2.16. The van der Waals surface area contributed by atoms with Gasteiger partial charge < -0.3 is 14.6 Å². The van der Waals surface area contributed by atoms with Gasteiger partial charge in [-0.25, -0.2) is 4.98 Å². The normalized spacial score (nSPS) is 11.9. The molecule has 1 amide bonds. The van der Waals surface area contributed by atoms with Gasteiger partial charge in [-0.15, -0.1) is 0 Å². The number of hydrogen-bond donors (Lipinski definition) is 1. The highest BCUT2D eigenvalue weighted by molar-refractivity contribution is 5.76. The van der Waals surface area contributed by atoms with E-state index in [-0.39, 0.29) is 11.9 Å². The van der Waals surface area contributed by atoms with Gasteiger partial charge in [-0.3, -0.25) is 4.79 Å². The third-order valence-electron chi connectivity index (χ3n) is 3.14. The molecule has 0 radical (unpaired) electrons. The minimum absolute atomic E-state index is 0.0222. The number of amides is 1. The van der Waals surface area contributed by atoms with Gasteiger partial charge in [-0.2, -0.15) is 0 Å². The number of nitrogens with one attached hydrogen (secondary N) is 1. The Kier molecular flexibility index (Phi) is 4.76. The molecule has 5 heteroatoms. The molecule has 0 saturated heterocycles. The lowest BCUT2D eigenvalue weighted by Gasteiger charge is -2.13. The van der Waals surface area contributed by atoms with Crippen LogP contribution in [0.2, 0.25) is 0 Å². The van der Waals surface area contributed by atoms with E-state index in [4.69, 9.17) is 4.74 Å². The zero-order valence-corrected chi connectivity index (χ0v) is 11.7. The molecule has 0 fully saturated rings. The monoisotopic (exact) mass is 273 g/mol. The second-order valence-electron chi connectivity index (χ2n) is 4.69. The van der Waals surface area contributed by atoms with Crippen molar-refractivity contribution < 1.29 is 9.53 Å². The van der Waals surface area contributed by atoms with Crippen LogP contribution in [0.4, 0.5) is 0 Å². The Balaban J connectivity index is 1.83. The number of hydrogen-bond acceptors (Lipinski definition) is 3. The molecule has 20 heavy (non-hydrogen) atoms. The van der Waals surface area contributed by atoms with Crippen molar-refractivity contribution in [2.75, 3.05) is 7.11 Å². The molecule has 0 aliphatic heterocycles. The summed E-state index contributed by atoms with van der Waals surface area (Å²) in [6.07, 6.45) is 5.73. The van der Waals surface area contributed by atoms with Crippen LogP contribution in [-0.4, -0.2) is 22.6 Å². The van der Waals surface area contributed by atoms with Crippen LogP contribution >= 0.6 is 0 Å². The summed E-state index contributed by atoms with van der Waals surface area (Å²) in [5.74, 6) is 0.817. The third-order valence-corrected chi connectivity index (χ3v) is 3.14. The van der Waals surface area contributed by atoms with Crippen molar-refractivity contribution in [3.8, 4) is 5.75 Å². The van der Waals surface area contributed by atoms with Gasteiger partial charge in [0.05, 0.1) is 13.4 Å². The second-order valence-corrected chi connectivity index (χ2v) is 4.69. The number of ether oxygens (including phenoxy) is 1. The van der Waals surface area contributed by atoms with Gasteiger partial charge in [0.1, 0.15) is 5.75 Å². The van der Waals surface area contributed by atoms with E-state index < -0.39 is 0 Å². The first-order valence-corrected chi connectivity index (χ1v) is 6.56. The molecule has 1 aromatic carbocycles. The lowest BCUT2D eigenvalue weighted by molar-refractivity contribution is -0.121. The maximum Gasteiger partial charge on any atom is 0.222 e. The van der Waals surface area contributed by atoms with Crippen molar-refractivity contribution in [1.29, 1.82) is 0 Å². The van der Waals surface area contributed by atoms with Crippen molar-refractivity contribution >= 4 is 5.91 Å². The molecule has 1 heterocycles. The van der Waals surface area contributed by atoms with Crippen LogP contribution in [0.1, 0.15) is 24.9 Å². The molecule has 106 valence electrons. The van der Waals surface area contributed by atoms with Crippen LogP contribution in [0.3, 0.4) is 0 Å². The zero-order chi connectivity index (χ0) is 14.4. The summed E-state index contributed by atoms with van der Waals surface area (Å²) in [7, 11) is 1.63. The summed E-state index contributed by atoms with van der Waals surface area (Å²) in [4.78, 5) is 15.9. The molecule has 0 spiro atoms. The molecule has 0 aliphatic carbocycles. The fraction of sp³-hybridized carbons (Fsp3) is 0.333. The maximum absolute atomic E-state index is 11.9. The van der Waals surface area contributed by atoms with Gasteiger partial charge in [-0.1, -0.05) is 12.1 Å². The summed E-state index contributed by atoms with van der Waals surface area (Å²) in [6.45, 7) is 2.50. The Morgan fingerprint density at radius 1 is 1.50 bits per heavy atom. The molecule has 0 bridgehead atoms. The van der Waals surface area contributed by atoms with Gasteiger partial charge >= 0.3 is 0 Å². The summed E-state index contributed by atoms with van der Waals surface area (Å²) < 4.78 is 7.07. The van der Waals surface area contributed by atoms with Crippen LogP contribution in [0, 0.1) is 0 Å². The van der Waals surface area contributed by atoms with E-state index in [1.54, 1.807) is 19.6 Å². The van der Waals surface area contributed by atoms with E-state index in [1.807, 2.05) is 42.0 Å². The summed E-state index contributed by atoms with van der Waals surface area (Å²) in [5, 5.41) is 2.91. The number of benzene rings is 1. The van der Waals surface area contributed by atoms with Crippen LogP contribution < -0.4 is 10.1 Å². The van der Waals surface area contributed by atoms with Crippen molar-refractivity contribution in [3.05, 3.63) is 48.5 Å². The molecular weight excluding hydrogens is 254 g/mol. The lowest BCUT2D eigenvalue weighted by Crippen LogP contribution is -2.25. The molecule has 1 aromatic heterocycles. The Bertz CT molecular complexity index is 552. The largest absolute Gasteiger partial charge is 0.497 e. The smallest absolute Gasteiger partial charge is 0.222 e. The minimum Gasteiger partial charge on any atom is -0.497 e. The summed E-state index contributed by atoms with van der Waals surface area (Å²) in [6, 6.07) is 7.77. The Hall–Kier alpha value is -2.30. The average molecular weight is 273 g/mol. The topological polar surface area (TPSA) is 56.1 Å². The molecule has 0 aliphatic rings. The number of carbonyl (C=O) groups excluding carboxylic acids is 1. The first kappa shape index (κ1) is 14.1. The summed E-state index contributed by atoms with van der Waals surface area (Å²) >= 11 is 0. The highest BCUT2D eigenvalue weighted by Gasteiger charge is 2.10. The fourth-order valence-electron chi connectivity index (χ4n) is 1.96. The van der Waals surface area contributed by atoms with Gasteiger partial charge in [0.15, 0.2) is 0 Å². The van der Waals surface area contributed by atoms with E-state index in [2.05, 4.69) is 10.3 Å². The third kappa shape index (κ3) is 3.85. The number of methoxy groups -OCH3 is 1. The number of nitrogens with zero attached hydrogens (tertiary/aromatic N) is 2. The van der Waals surface area contributed by atoms with Crippen LogP contribution in [-0.2, 0) is 11.3 Å². The highest BCUT2D eigenvalue weighted by Crippen LogP contribution is 2.13. The lowest BCUT2D eigenvalue weighted by atomic mass is 10.2. The molecule has 5 nitrogen and oxygen atoms in total. The van der Waals surface area contributed by atoms with E-state index >= 15 is 0 Å². The molecule has 1 N–H and O–H groups in total. The average Bonchev–Trinajstić information content (AvgIpc) is 2.99. The van der Waals surface area contributed by atoms with Gasteiger partial charge in [-0.05, 0) is 24.6 Å². The number of imidazole rings is 1. The Labute approximate surface area is 118 Å². The van der Waals surface area contributed by atoms with Crippen molar-refractivity contribution in [1.82, 2.24) is 14.9 Å². The van der Waals surface area contributed by atoms with E-state index in [0.29, 0.717) is 13.0 Å². The van der Waals surface area contributed by atoms with E-state index in [1.165, 1.54) is 0 Å². The molecule has 1 atom stereocenters. The van der Waals surface area contributed by atoms with Gasteiger partial charge in [0.25, 0.3) is 0 Å². The standard InChI is InChI=1S/C15H19N3O2/c1-12(18-7-6-16-11-18)8-15(19)17-10-13-4-3-5-14(9-13)20-2/h3-7,9,11-12H,8,10H2,1-2H3,(H,17,19)/t12-/m0/s1. The molecule has 2 rings (SSSR count). The van der Waals surface area contributed by atoms with Crippen molar-refractivity contribution in [2.24, 2.45) is 0 Å². The van der Waals surface area contributed by atoms with Crippen LogP contribution in [0.15, 0.2) is 43.0 Å². The van der Waals surface area contributed by atoms with Crippen LogP contribution in [0.25, 0.3) is 0 Å². The maximum atomic E-state index is 11.9. The predicted molar refractivity (Wildman–Crippen MR) is 76.4 cm³/mol. The first-order valence-electron chi connectivity index (χ1n) is 6.56. The Morgan fingerprint density at radius 2 is 2.35 bits per heavy atom. The minimum atomic E-state index is 0.0222. The number of rotatable bonds is 6. The summed E-state index contributed by atoms with van der Waals surface area (Å²) in [5.41, 5.74) is 1.02. The second kappa shape index (κ2) is 6.75. The van der Waals surface area contributed by atoms with Crippen molar-refractivity contribution in [2.45, 2.75) is 25.9 Å². The van der Waals surface area contributed by atoms with Gasteiger partial charge in [0.2, 0.25) is 5.91 Å². The number of aromatic nitrogens is 2. The Morgan fingerprint density at radius 3 is 3.05 bits per heavy atom. The van der Waals surface area contributed by atoms with E-state index in [0.717, 1.165) is 11.3 Å². The fourth-order valence-corrected chi connectivity index (χ4v) is 1.96. The quantitative estimate of drug-likeness (QED) is 0.877. The molecule has 0 saturated carbocycles.